The predicted molar refractivity (Wildman–Crippen MR) is 191 cm³/mol. The van der Waals surface area contributed by atoms with Crippen LogP contribution < -0.4 is 0 Å². The molecule has 1 aromatic heterocycles. The summed E-state index contributed by atoms with van der Waals surface area (Å²) in [6.07, 6.45) is -0.112. The molecule has 3 atom stereocenters. The zero-order chi connectivity index (χ0) is 33.3. The Labute approximate surface area is 292 Å². The SMILES string of the molecule is O=C1c2ccccc2C(=O)N1Cc1cccc(-c2ccc([C@@H]3O[C@H](CSc4nc5ccccc5s4)C[C@H](c4ccc(CO)cc4)O3)cc2)c1. The summed E-state index contributed by atoms with van der Waals surface area (Å²) in [7, 11) is 0. The Balaban J connectivity index is 0.995. The Kier molecular flexibility index (Phi) is 8.84. The Bertz CT molecular complexity index is 2080. The van der Waals surface area contributed by atoms with Crippen molar-refractivity contribution in [2.75, 3.05) is 5.75 Å². The molecule has 2 aliphatic heterocycles. The van der Waals surface area contributed by atoms with Gasteiger partial charge in [0.2, 0.25) is 0 Å². The fourth-order valence-corrected chi connectivity index (χ4v) is 8.46. The van der Waals surface area contributed by atoms with Gasteiger partial charge in [-0.05, 0) is 58.1 Å². The highest BCUT2D eigenvalue weighted by Gasteiger charge is 2.35. The lowest BCUT2D eigenvalue weighted by atomic mass is 9.99. The number of ether oxygens (including phenoxy) is 2. The number of thiazole rings is 1. The molecule has 1 fully saturated rings. The van der Waals surface area contributed by atoms with E-state index in [0.29, 0.717) is 17.5 Å². The van der Waals surface area contributed by atoms with Crippen LogP contribution in [0.5, 0.6) is 0 Å². The maximum absolute atomic E-state index is 12.9. The lowest BCUT2D eigenvalue weighted by Gasteiger charge is -2.36. The first-order valence-corrected chi connectivity index (χ1v) is 18.0. The van der Waals surface area contributed by atoms with Gasteiger partial charge in [-0.15, -0.1) is 11.3 Å². The zero-order valence-corrected chi connectivity index (χ0v) is 28.0. The minimum Gasteiger partial charge on any atom is -0.392 e. The summed E-state index contributed by atoms with van der Waals surface area (Å²) in [6.45, 7) is 0.204. The maximum atomic E-state index is 12.9. The summed E-state index contributed by atoms with van der Waals surface area (Å²) in [5.41, 5.74) is 7.60. The van der Waals surface area contributed by atoms with Crippen LogP contribution >= 0.6 is 23.1 Å². The van der Waals surface area contributed by atoms with Crippen molar-refractivity contribution in [2.24, 2.45) is 0 Å². The number of aliphatic hydroxyl groups is 1. The second-order valence-corrected chi connectivity index (χ2v) is 14.5. The molecule has 8 rings (SSSR count). The molecule has 3 heterocycles. The second-order valence-electron chi connectivity index (χ2n) is 12.2. The number of fused-ring (bicyclic) bond motifs is 2. The number of rotatable bonds is 9. The average Bonchev–Trinajstić information content (AvgIpc) is 3.68. The Morgan fingerprint density at radius 3 is 2.20 bits per heavy atom. The summed E-state index contributed by atoms with van der Waals surface area (Å²) >= 11 is 3.41. The number of benzene rings is 5. The second kappa shape index (κ2) is 13.7. The topological polar surface area (TPSA) is 89.0 Å². The summed E-state index contributed by atoms with van der Waals surface area (Å²) in [5.74, 6) is 0.215. The van der Waals surface area contributed by atoms with Crippen molar-refractivity contribution >= 4 is 45.1 Å². The molecule has 49 heavy (non-hydrogen) atoms. The minimum atomic E-state index is -0.563. The first kappa shape index (κ1) is 31.6. The van der Waals surface area contributed by atoms with Gasteiger partial charge in [0.25, 0.3) is 11.8 Å². The molecule has 0 bridgehead atoms. The van der Waals surface area contributed by atoms with Crippen molar-refractivity contribution in [3.63, 3.8) is 0 Å². The van der Waals surface area contributed by atoms with Crippen molar-refractivity contribution in [2.45, 2.75) is 42.4 Å². The molecule has 244 valence electrons. The number of aliphatic hydroxyl groups excluding tert-OH is 1. The number of hydrogen-bond donors (Lipinski definition) is 1. The fourth-order valence-electron chi connectivity index (χ4n) is 6.35. The molecule has 9 heteroatoms. The number of aromatic nitrogens is 1. The molecular weight excluding hydrogens is 653 g/mol. The molecular formula is C40H32N2O5S2. The zero-order valence-electron chi connectivity index (χ0n) is 26.4. The van der Waals surface area contributed by atoms with Crippen LogP contribution in [0.4, 0.5) is 0 Å². The van der Waals surface area contributed by atoms with Crippen LogP contribution in [0, 0.1) is 0 Å². The molecule has 2 amide bonds. The van der Waals surface area contributed by atoms with Crippen LogP contribution in [-0.4, -0.2) is 38.7 Å². The van der Waals surface area contributed by atoms with E-state index in [2.05, 4.69) is 6.07 Å². The first-order chi connectivity index (χ1) is 24.0. The Hall–Kier alpha value is -4.64. The standard InChI is InChI=1S/C40H32N2O5S2/c43-23-25-12-14-28(15-13-25)35-21-31(24-48-40-41-34-10-3-4-11-36(34)49-40)46-39(47-35)29-18-16-27(17-19-29)30-7-5-6-26(20-30)22-42-37(44)32-8-1-2-9-33(32)38(42)45/h1-20,31,35,39,43H,21-24H2/t31-,35+,39+/m0/s1. The molecule has 7 nitrogen and oxygen atoms in total. The van der Waals surface area contributed by atoms with Crippen LogP contribution in [-0.2, 0) is 22.6 Å². The maximum Gasteiger partial charge on any atom is 0.261 e. The van der Waals surface area contributed by atoms with E-state index >= 15 is 0 Å². The largest absolute Gasteiger partial charge is 0.392 e. The molecule has 0 radical (unpaired) electrons. The average molecular weight is 685 g/mol. The number of imide groups is 1. The van der Waals surface area contributed by atoms with Gasteiger partial charge in [-0.2, -0.15) is 0 Å². The van der Waals surface area contributed by atoms with Crippen molar-refractivity contribution in [3.8, 4) is 11.1 Å². The number of thioether (sulfide) groups is 1. The van der Waals surface area contributed by atoms with Gasteiger partial charge in [0.1, 0.15) is 0 Å². The van der Waals surface area contributed by atoms with Crippen LogP contribution in [0.1, 0.15) is 61.8 Å². The van der Waals surface area contributed by atoms with E-state index in [0.717, 1.165) is 49.0 Å². The molecule has 1 saturated heterocycles. The van der Waals surface area contributed by atoms with Gasteiger partial charge < -0.3 is 14.6 Å². The molecule has 0 spiro atoms. The molecule has 2 aliphatic rings. The monoisotopic (exact) mass is 684 g/mol. The Morgan fingerprint density at radius 2 is 1.47 bits per heavy atom. The van der Waals surface area contributed by atoms with Crippen molar-refractivity contribution in [3.05, 3.63) is 155 Å². The molecule has 1 N–H and O–H groups in total. The highest BCUT2D eigenvalue weighted by Crippen LogP contribution is 2.41. The fraction of sp³-hybridized carbons (Fsp3) is 0.175. The van der Waals surface area contributed by atoms with Gasteiger partial charge in [0, 0.05) is 17.7 Å². The van der Waals surface area contributed by atoms with E-state index in [1.54, 1.807) is 47.4 Å². The third-order valence-electron chi connectivity index (χ3n) is 8.94. The summed E-state index contributed by atoms with van der Waals surface area (Å²) < 4.78 is 15.3. The van der Waals surface area contributed by atoms with E-state index in [-0.39, 0.29) is 37.2 Å². The smallest absolute Gasteiger partial charge is 0.261 e. The van der Waals surface area contributed by atoms with Crippen molar-refractivity contribution < 1.29 is 24.2 Å². The summed E-state index contributed by atoms with van der Waals surface area (Å²) in [4.78, 5) is 32.0. The first-order valence-electron chi connectivity index (χ1n) is 16.2. The molecule has 0 aliphatic carbocycles. The third kappa shape index (κ3) is 6.56. The van der Waals surface area contributed by atoms with E-state index < -0.39 is 6.29 Å². The predicted octanol–water partition coefficient (Wildman–Crippen LogP) is 8.59. The number of para-hydroxylation sites is 1. The van der Waals surface area contributed by atoms with E-state index in [1.165, 1.54) is 9.60 Å². The van der Waals surface area contributed by atoms with Gasteiger partial charge in [0.05, 0.1) is 46.7 Å². The molecule has 6 aromatic rings. The van der Waals surface area contributed by atoms with Gasteiger partial charge >= 0.3 is 0 Å². The normalized spacial score (nSPS) is 19.0. The van der Waals surface area contributed by atoms with Crippen LogP contribution in [0.15, 0.2) is 126 Å². The number of carbonyl (C=O) groups is 2. The number of hydrogen-bond acceptors (Lipinski definition) is 8. The van der Waals surface area contributed by atoms with E-state index in [9.17, 15) is 14.7 Å². The van der Waals surface area contributed by atoms with Crippen molar-refractivity contribution in [1.29, 1.82) is 0 Å². The Morgan fingerprint density at radius 1 is 0.755 bits per heavy atom. The molecule has 5 aromatic carbocycles. The van der Waals surface area contributed by atoms with Gasteiger partial charge in [0.15, 0.2) is 10.6 Å². The lowest BCUT2D eigenvalue weighted by molar-refractivity contribution is -0.245. The van der Waals surface area contributed by atoms with Gasteiger partial charge in [-0.3, -0.25) is 14.5 Å². The van der Waals surface area contributed by atoms with Crippen molar-refractivity contribution in [1.82, 2.24) is 9.88 Å². The van der Waals surface area contributed by atoms with E-state index in [1.807, 2.05) is 91.0 Å². The van der Waals surface area contributed by atoms with Gasteiger partial charge in [-0.1, -0.05) is 103 Å². The lowest BCUT2D eigenvalue weighted by Crippen LogP contribution is -2.31. The van der Waals surface area contributed by atoms with Crippen LogP contribution in [0.3, 0.4) is 0 Å². The highest BCUT2D eigenvalue weighted by atomic mass is 32.2. The number of nitrogens with zero attached hydrogens (tertiary/aromatic N) is 2. The molecule has 0 unspecified atom stereocenters. The quantitative estimate of drug-likeness (QED) is 0.121. The number of amides is 2. The number of carbonyl (C=O) groups excluding carboxylic acids is 2. The third-order valence-corrected chi connectivity index (χ3v) is 11.3. The van der Waals surface area contributed by atoms with Crippen LogP contribution in [0.2, 0.25) is 0 Å². The van der Waals surface area contributed by atoms with Crippen LogP contribution in [0.25, 0.3) is 21.3 Å². The summed E-state index contributed by atoms with van der Waals surface area (Å²) in [5, 5.41) is 9.55. The van der Waals surface area contributed by atoms with Gasteiger partial charge in [-0.25, -0.2) is 4.98 Å². The minimum absolute atomic E-state index is 0.00298. The summed E-state index contributed by atoms with van der Waals surface area (Å²) in [6, 6.07) is 39.1. The highest BCUT2D eigenvalue weighted by molar-refractivity contribution is 8.01. The van der Waals surface area contributed by atoms with E-state index in [4.69, 9.17) is 14.5 Å². The molecule has 0 saturated carbocycles.